The van der Waals surface area contributed by atoms with Crippen molar-refractivity contribution in [1.29, 1.82) is 0 Å². The molecule has 0 aliphatic rings. The first-order chi connectivity index (χ1) is 8.49. The second kappa shape index (κ2) is 6.37. The highest BCUT2D eigenvalue weighted by Crippen LogP contribution is 2.37. The maximum Gasteiger partial charge on any atom is 0.192 e. The van der Waals surface area contributed by atoms with Gasteiger partial charge in [0.05, 0.1) is 17.8 Å². The smallest absolute Gasteiger partial charge is 0.192 e. The Morgan fingerprint density at radius 1 is 1.06 bits per heavy atom. The third-order valence-electron chi connectivity index (χ3n) is 2.19. The van der Waals surface area contributed by atoms with E-state index in [0.717, 1.165) is 12.4 Å². The second-order valence-electron chi connectivity index (χ2n) is 3.41. The molecule has 96 valence electrons. The highest BCUT2D eigenvalue weighted by molar-refractivity contribution is 9.11. The maximum absolute atomic E-state index is 12.1. The van der Waals surface area contributed by atoms with Crippen molar-refractivity contribution in [3.05, 3.63) is 41.6 Å². The summed E-state index contributed by atoms with van der Waals surface area (Å²) in [7, 11) is 0. The Morgan fingerprint density at radius 2 is 1.67 bits per heavy atom. The highest BCUT2D eigenvalue weighted by Gasteiger charge is 2.28. The number of hydrogen-bond acceptors (Lipinski definition) is 3. The minimum absolute atomic E-state index is 0.142. The summed E-state index contributed by atoms with van der Waals surface area (Å²) in [4.78, 5) is 13.6. The lowest BCUT2D eigenvalue weighted by Crippen LogP contribution is -2.18. The van der Waals surface area contributed by atoms with Gasteiger partial charge in [0.1, 0.15) is 5.38 Å². The van der Waals surface area contributed by atoms with Crippen LogP contribution in [0, 0.1) is 0 Å². The zero-order valence-electron chi connectivity index (χ0n) is 8.70. The summed E-state index contributed by atoms with van der Waals surface area (Å²) in [5.41, 5.74) is 0. The van der Waals surface area contributed by atoms with Crippen LogP contribution in [0.5, 0.6) is 0 Å². The van der Waals surface area contributed by atoms with Gasteiger partial charge in [-0.1, -0.05) is 0 Å². The SMILES string of the molecule is O=C(c1ccc(Br)s1)[C@@H](Cl)[C@H](Cl)c1ccc(Br)s1. The third-order valence-corrected chi connectivity index (χ3v) is 6.73. The zero-order chi connectivity index (χ0) is 13.3. The van der Waals surface area contributed by atoms with Gasteiger partial charge in [0.15, 0.2) is 5.78 Å². The van der Waals surface area contributed by atoms with Crippen molar-refractivity contribution in [2.75, 3.05) is 0 Å². The summed E-state index contributed by atoms with van der Waals surface area (Å²) < 4.78 is 1.87. The van der Waals surface area contributed by atoms with Crippen molar-refractivity contribution in [1.82, 2.24) is 0 Å². The zero-order valence-corrected chi connectivity index (χ0v) is 15.0. The van der Waals surface area contributed by atoms with E-state index in [2.05, 4.69) is 31.9 Å². The molecule has 2 aromatic heterocycles. The lowest BCUT2D eigenvalue weighted by atomic mass is 10.1. The fourth-order valence-electron chi connectivity index (χ4n) is 1.34. The molecule has 7 heteroatoms. The van der Waals surface area contributed by atoms with Gasteiger partial charge in [-0.2, -0.15) is 0 Å². The summed E-state index contributed by atoms with van der Waals surface area (Å²) in [6.45, 7) is 0. The number of halogens is 4. The fourth-order valence-corrected chi connectivity index (χ4v) is 4.85. The molecule has 0 amide bonds. The molecule has 0 aliphatic carbocycles. The average Bonchev–Trinajstić information content (AvgIpc) is 2.95. The Hall–Kier alpha value is 0.610. The predicted octanol–water partition coefficient (Wildman–Crippen LogP) is 6.10. The van der Waals surface area contributed by atoms with Gasteiger partial charge in [0.2, 0.25) is 0 Å². The Kier molecular flexibility index (Phi) is 5.31. The lowest BCUT2D eigenvalue weighted by molar-refractivity contribution is 0.0989. The number of hydrogen-bond donors (Lipinski definition) is 0. The van der Waals surface area contributed by atoms with E-state index >= 15 is 0 Å². The minimum atomic E-state index is -0.761. The summed E-state index contributed by atoms with van der Waals surface area (Å²) >= 11 is 21.9. The molecule has 0 aromatic carbocycles. The van der Waals surface area contributed by atoms with E-state index in [1.54, 1.807) is 6.07 Å². The van der Waals surface area contributed by atoms with Crippen molar-refractivity contribution < 1.29 is 4.79 Å². The maximum atomic E-state index is 12.1. The molecule has 0 aliphatic heterocycles. The topological polar surface area (TPSA) is 17.1 Å². The van der Waals surface area contributed by atoms with Gasteiger partial charge in [-0.15, -0.1) is 45.9 Å². The van der Waals surface area contributed by atoms with Gasteiger partial charge in [0.25, 0.3) is 0 Å². The molecule has 2 atom stereocenters. The van der Waals surface area contributed by atoms with Gasteiger partial charge in [-0.25, -0.2) is 0 Å². The molecular weight excluding hydrogens is 443 g/mol. The van der Waals surface area contributed by atoms with Crippen LogP contribution in [0.2, 0.25) is 0 Å². The monoisotopic (exact) mass is 446 g/mol. The third kappa shape index (κ3) is 3.38. The molecule has 0 saturated heterocycles. The largest absolute Gasteiger partial charge is 0.292 e. The van der Waals surface area contributed by atoms with Gasteiger partial charge < -0.3 is 0 Å². The number of alkyl halides is 2. The van der Waals surface area contributed by atoms with E-state index in [1.165, 1.54) is 22.7 Å². The van der Waals surface area contributed by atoms with Crippen LogP contribution >= 0.6 is 77.7 Å². The molecule has 2 rings (SSSR count). The molecule has 0 spiro atoms. The number of thiophene rings is 2. The van der Waals surface area contributed by atoms with Crippen molar-refractivity contribution in [3.8, 4) is 0 Å². The quantitative estimate of drug-likeness (QED) is 0.407. The molecule has 0 fully saturated rings. The molecule has 18 heavy (non-hydrogen) atoms. The molecular formula is C11H6Br2Cl2OS2. The van der Waals surface area contributed by atoms with Gasteiger partial charge in [-0.05, 0) is 56.1 Å². The van der Waals surface area contributed by atoms with E-state index in [4.69, 9.17) is 23.2 Å². The molecule has 0 unspecified atom stereocenters. The summed E-state index contributed by atoms with van der Waals surface area (Å²) in [6, 6.07) is 7.34. The van der Waals surface area contributed by atoms with Crippen LogP contribution in [0.1, 0.15) is 19.9 Å². The van der Waals surface area contributed by atoms with Crippen LogP contribution in [0.25, 0.3) is 0 Å². The lowest BCUT2D eigenvalue weighted by Gasteiger charge is -2.12. The fraction of sp³-hybridized carbons (Fsp3) is 0.182. The predicted molar refractivity (Wildman–Crippen MR) is 86.6 cm³/mol. The Balaban J connectivity index is 2.16. The summed E-state index contributed by atoms with van der Waals surface area (Å²) in [5, 5.41) is -1.28. The summed E-state index contributed by atoms with van der Waals surface area (Å²) in [5.74, 6) is -0.142. The normalized spacial score (nSPS) is 14.4. The second-order valence-corrected chi connectivity index (χ2v) is 9.31. The molecule has 2 heterocycles. The van der Waals surface area contributed by atoms with Crippen LogP contribution in [-0.2, 0) is 0 Å². The number of carbonyl (C=O) groups excluding carboxylic acids is 1. The van der Waals surface area contributed by atoms with Crippen LogP contribution < -0.4 is 0 Å². The molecule has 0 N–H and O–H groups in total. The number of Topliss-reactive ketones (excluding diaryl/α,β-unsaturated/α-hetero) is 1. The molecule has 0 radical (unpaired) electrons. The average molecular weight is 449 g/mol. The van der Waals surface area contributed by atoms with Gasteiger partial charge >= 0.3 is 0 Å². The van der Waals surface area contributed by atoms with E-state index in [0.29, 0.717) is 4.88 Å². The van der Waals surface area contributed by atoms with Crippen LogP contribution in [0.3, 0.4) is 0 Å². The standard InChI is InChI=1S/C11H6Br2Cl2OS2/c12-7-3-1-5(17-7)9(14)10(15)11(16)6-2-4-8(13)18-6/h1-4,9-10H/t9-,10+/m1/s1. The Labute approximate surface area is 139 Å². The van der Waals surface area contributed by atoms with Crippen molar-refractivity contribution in [2.45, 2.75) is 10.8 Å². The first-order valence-corrected chi connectivity index (χ1v) is 8.91. The van der Waals surface area contributed by atoms with Gasteiger partial charge in [-0.3, -0.25) is 4.79 Å². The van der Waals surface area contributed by atoms with Crippen LogP contribution in [-0.4, -0.2) is 11.2 Å². The number of ketones is 1. The molecule has 2 aromatic rings. The van der Waals surface area contributed by atoms with Crippen molar-refractivity contribution >= 4 is 83.5 Å². The molecule has 0 saturated carbocycles. The number of rotatable bonds is 4. The van der Waals surface area contributed by atoms with Crippen LogP contribution in [0.15, 0.2) is 31.8 Å². The van der Waals surface area contributed by atoms with Gasteiger partial charge in [0, 0.05) is 4.88 Å². The highest BCUT2D eigenvalue weighted by atomic mass is 79.9. The van der Waals surface area contributed by atoms with Crippen molar-refractivity contribution in [2.24, 2.45) is 0 Å². The molecule has 0 bridgehead atoms. The van der Waals surface area contributed by atoms with Crippen LogP contribution in [0.4, 0.5) is 0 Å². The van der Waals surface area contributed by atoms with E-state index in [-0.39, 0.29) is 5.78 Å². The van der Waals surface area contributed by atoms with Crippen molar-refractivity contribution in [3.63, 3.8) is 0 Å². The number of carbonyl (C=O) groups is 1. The Morgan fingerprint density at radius 3 is 2.17 bits per heavy atom. The summed E-state index contributed by atoms with van der Waals surface area (Å²) in [6.07, 6.45) is 0. The van der Waals surface area contributed by atoms with E-state index in [1.807, 2.05) is 18.2 Å². The molecule has 1 nitrogen and oxygen atoms in total. The van der Waals surface area contributed by atoms with E-state index in [9.17, 15) is 4.79 Å². The van der Waals surface area contributed by atoms with E-state index < -0.39 is 10.8 Å². The first-order valence-electron chi connectivity index (χ1n) is 4.82. The minimum Gasteiger partial charge on any atom is -0.292 e. The Bertz CT molecular complexity index is 567. The first kappa shape index (κ1) is 15.0.